The molecule has 0 aromatic carbocycles. The van der Waals surface area contributed by atoms with Gasteiger partial charge in [0.1, 0.15) is 0 Å². The van der Waals surface area contributed by atoms with Crippen LogP contribution < -0.4 is 0 Å². The molecule has 0 fully saturated rings. The van der Waals surface area contributed by atoms with Gasteiger partial charge in [0.2, 0.25) is 0 Å². The summed E-state index contributed by atoms with van der Waals surface area (Å²) in [4.78, 5) is 3.53. The molecular weight excluding hydrogens is 223 g/mol. The fourth-order valence-electron chi connectivity index (χ4n) is 0.779. The van der Waals surface area contributed by atoms with Gasteiger partial charge in [-0.1, -0.05) is 11.6 Å². The van der Waals surface area contributed by atoms with Crippen LogP contribution in [-0.4, -0.2) is 10.1 Å². The molecule has 72 valence electrons. The first-order valence-electron chi connectivity index (χ1n) is 3.28. The lowest BCUT2D eigenvalue weighted by Crippen LogP contribution is -1.93. The maximum absolute atomic E-state index is 12.2. The molecule has 0 unspecified atom stereocenters. The second-order valence-corrected chi connectivity index (χ2v) is 2.90. The van der Waals surface area contributed by atoms with E-state index in [0.29, 0.717) is 0 Å². The Bertz CT molecular complexity index is 320. The summed E-state index contributed by atoms with van der Waals surface area (Å²) >= 11 is 10.8. The zero-order chi connectivity index (χ0) is 10.0. The second-order valence-electron chi connectivity index (χ2n) is 2.26. The van der Waals surface area contributed by atoms with Gasteiger partial charge in [-0.15, -0.1) is 11.6 Å². The van der Waals surface area contributed by atoms with E-state index in [2.05, 4.69) is 4.98 Å². The number of halogens is 4. The summed E-state index contributed by atoms with van der Waals surface area (Å²) in [6.45, 7) is 0. The molecule has 0 aliphatic carbocycles. The summed E-state index contributed by atoms with van der Waals surface area (Å²) in [5.74, 6) is -0.552. The molecule has 2 nitrogen and oxygen atoms in total. The van der Waals surface area contributed by atoms with Crippen molar-refractivity contribution in [1.82, 2.24) is 4.98 Å². The highest BCUT2D eigenvalue weighted by molar-refractivity contribution is 6.33. The van der Waals surface area contributed by atoms with Gasteiger partial charge in [0.25, 0.3) is 6.43 Å². The number of aromatic hydroxyl groups is 1. The fraction of sp³-hybridized carbons (Fsp3) is 0.286. The van der Waals surface area contributed by atoms with Gasteiger partial charge in [-0.05, 0) is 0 Å². The quantitative estimate of drug-likeness (QED) is 0.788. The highest BCUT2D eigenvalue weighted by Gasteiger charge is 2.17. The molecule has 0 radical (unpaired) electrons. The van der Waals surface area contributed by atoms with Gasteiger partial charge in [0, 0.05) is 6.20 Å². The first-order valence-corrected chi connectivity index (χ1v) is 4.19. The SMILES string of the molecule is Oc1c(CCl)ncc(C(F)F)c1Cl. The Hall–Kier alpha value is -0.610. The van der Waals surface area contributed by atoms with Crippen LogP contribution in [-0.2, 0) is 5.88 Å². The third-order valence-corrected chi connectivity index (χ3v) is 2.11. The van der Waals surface area contributed by atoms with Crippen molar-refractivity contribution in [2.45, 2.75) is 12.3 Å². The van der Waals surface area contributed by atoms with E-state index < -0.39 is 17.7 Å². The smallest absolute Gasteiger partial charge is 0.266 e. The molecule has 0 saturated heterocycles. The molecule has 1 aromatic heterocycles. The third kappa shape index (κ3) is 2.00. The van der Waals surface area contributed by atoms with Crippen molar-refractivity contribution in [2.75, 3.05) is 0 Å². The normalized spacial score (nSPS) is 10.8. The number of aromatic nitrogens is 1. The van der Waals surface area contributed by atoms with Gasteiger partial charge >= 0.3 is 0 Å². The maximum atomic E-state index is 12.2. The molecule has 1 aromatic rings. The molecule has 0 bridgehead atoms. The van der Waals surface area contributed by atoms with Crippen molar-refractivity contribution >= 4 is 23.2 Å². The van der Waals surface area contributed by atoms with Gasteiger partial charge in [0.15, 0.2) is 5.75 Å². The number of nitrogens with zero attached hydrogens (tertiary/aromatic N) is 1. The molecule has 0 saturated carbocycles. The maximum Gasteiger partial charge on any atom is 0.266 e. The van der Waals surface area contributed by atoms with Crippen LogP contribution in [0.25, 0.3) is 0 Å². The molecule has 1 heterocycles. The molecule has 13 heavy (non-hydrogen) atoms. The standard InChI is InChI=1S/C7H5Cl2F2NO/c8-1-4-6(13)5(9)3(2-12-4)7(10)11/h2,7,13H,1H2. The van der Waals surface area contributed by atoms with Crippen molar-refractivity contribution in [2.24, 2.45) is 0 Å². The van der Waals surface area contributed by atoms with Crippen LogP contribution in [0.4, 0.5) is 8.78 Å². The molecular formula is C7H5Cl2F2NO. The lowest BCUT2D eigenvalue weighted by molar-refractivity contribution is 0.150. The number of pyridine rings is 1. The lowest BCUT2D eigenvalue weighted by atomic mass is 10.2. The first-order chi connectivity index (χ1) is 6.07. The highest BCUT2D eigenvalue weighted by Crippen LogP contribution is 2.35. The summed E-state index contributed by atoms with van der Waals surface area (Å²) in [5, 5.41) is 8.83. The van der Waals surface area contributed by atoms with Gasteiger partial charge in [0.05, 0.1) is 22.2 Å². The monoisotopic (exact) mass is 227 g/mol. The zero-order valence-corrected chi connectivity index (χ0v) is 7.78. The van der Waals surface area contributed by atoms with Crippen molar-refractivity contribution in [1.29, 1.82) is 0 Å². The predicted octanol–water partition coefficient (Wildman–Crippen LogP) is 3.12. The van der Waals surface area contributed by atoms with Crippen molar-refractivity contribution in [3.05, 3.63) is 22.5 Å². The Balaban J connectivity index is 3.23. The van der Waals surface area contributed by atoms with E-state index in [1.54, 1.807) is 0 Å². The predicted molar refractivity (Wildman–Crippen MR) is 45.4 cm³/mol. The topological polar surface area (TPSA) is 33.1 Å². The zero-order valence-electron chi connectivity index (χ0n) is 6.27. The van der Waals surface area contributed by atoms with Crippen molar-refractivity contribution in [3.63, 3.8) is 0 Å². The van der Waals surface area contributed by atoms with Crippen LogP contribution in [0.3, 0.4) is 0 Å². The Morgan fingerprint density at radius 1 is 1.54 bits per heavy atom. The molecule has 0 spiro atoms. The summed E-state index contributed by atoms with van der Waals surface area (Å²) in [5.41, 5.74) is -0.399. The van der Waals surface area contributed by atoms with E-state index in [0.717, 1.165) is 6.20 Å². The van der Waals surface area contributed by atoms with E-state index >= 15 is 0 Å². The van der Waals surface area contributed by atoms with Crippen LogP contribution in [0.1, 0.15) is 17.7 Å². The largest absolute Gasteiger partial charge is 0.504 e. The van der Waals surface area contributed by atoms with Gasteiger partial charge < -0.3 is 5.11 Å². The third-order valence-electron chi connectivity index (χ3n) is 1.46. The summed E-state index contributed by atoms with van der Waals surface area (Å²) < 4.78 is 24.3. The molecule has 0 atom stereocenters. The Kier molecular flexibility index (Phi) is 3.27. The van der Waals surface area contributed by atoms with Gasteiger partial charge in [-0.25, -0.2) is 8.78 Å². The molecule has 6 heteroatoms. The Labute approximate surface area is 83.1 Å². The summed E-state index contributed by atoms with van der Waals surface area (Å²) in [6, 6.07) is 0. The Morgan fingerprint density at radius 3 is 2.62 bits per heavy atom. The average Bonchev–Trinajstić information content (AvgIpc) is 2.09. The fourth-order valence-corrected chi connectivity index (χ4v) is 1.21. The molecule has 1 rings (SSSR count). The van der Waals surface area contributed by atoms with Gasteiger partial charge in [-0.2, -0.15) is 0 Å². The number of hydrogen-bond donors (Lipinski definition) is 1. The minimum absolute atomic E-state index is 0.0743. The van der Waals surface area contributed by atoms with Crippen molar-refractivity contribution in [3.8, 4) is 5.75 Å². The molecule has 0 aliphatic rings. The number of alkyl halides is 3. The van der Waals surface area contributed by atoms with Crippen LogP contribution in [0, 0.1) is 0 Å². The van der Waals surface area contributed by atoms with Crippen molar-refractivity contribution < 1.29 is 13.9 Å². The molecule has 1 N–H and O–H groups in total. The van der Waals surface area contributed by atoms with Crippen LogP contribution in [0.15, 0.2) is 6.20 Å². The van der Waals surface area contributed by atoms with Crippen LogP contribution >= 0.6 is 23.2 Å². The number of hydrogen-bond acceptors (Lipinski definition) is 2. The Morgan fingerprint density at radius 2 is 2.15 bits per heavy atom. The molecule has 0 amide bonds. The van der Waals surface area contributed by atoms with E-state index in [-0.39, 0.29) is 16.6 Å². The summed E-state index contributed by atoms with van der Waals surface area (Å²) in [6.07, 6.45) is -1.85. The lowest BCUT2D eigenvalue weighted by Gasteiger charge is -2.06. The molecule has 0 aliphatic heterocycles. The summed E-state index contributed by atoms with van der Waals surface area (Å²) in [7, 11) is 0. The van der Waals surface area contributed by atoms with Crippen LogP contribution in [0.5, 0.6) is 5.75 Å². The second kappa shape index (κ2) is 4.07. The minimum atomic E-state index is -2.75. The number of rotatable bonds is 2. The average molecular weight is 228 g/mol. The van der Waals surface area contributed by atoms with E-state index in [1.807, 2.05) is 0 Å². The minimum Gasteiger partial charge on any atom is -0.504 e. The van der Waals surface area contributed by atoms with Gasteiger partial charge in [-0.3, -0.25) is 4.98 Å². The highest BCUT2D eigenvalue weighted by atomic mass is 35.5. The van der Waals surface area contributed by atoms with E-state index in [1.165, 1.54) is 0 Å². The van der Waals surface area contributed by atoms with Crippen LogP contribution in [0.2, 0.25) is 5.02 Å². The van der Waals surface area contributed by atoms with E-state index in [9.17, 15) is 13.9 Å². The first kappa shape index (κ1) is 10.5. The van der Waals surface area contributed by atoms with E-state index in [4.69, 9.17) is 23.2 Å².